The Balaban J connectivity index is 1.51. The van der Waals surface area contributed by atoms with E-state index in [-0.39, 0.29) is 18.4 Å². The van der Waals surface area contributed by atoms with E-state index in [1.54, 1.807) is 13.0 Å². The Morgan fingerprint density at radius 1 is 1.17 bits per heavy atom. The van der Waals surface area contributed by atoms with Gasteiger partial charge in [0.05, 0.1) is 16.6 Å². The molecule has 2 amide bonds. The first-order chi connectivity index (χ1) is 13.9. The van der Waals surface area contributed by atoms with E-state index in [1.807, 2.05) is 50.2 Å². The topological polar surface area (TPSA) is 88.3 Å². The van der Waals surface area contributed by atoms with E-state index in [0.29, 0.717) is 22.5 Å². The van der Waals surface area contributed by atoms with E-state index in [9.17, 15) is 9.59 Å². The van der Waals surface area contributed by atoms with E-state index in [2.05, 4.69) is 15.5 Å². The average Bonchev–Trinajstić information content (AvgIpc) is 3.17. The number of nitrogens with one attached hydrogen (secondary N) is 1. The maximum atomic E-state index is 13.0. The number of hydrogen-bond donors (Lipinski definition) is 1. The number of nitrogens with zero attached hydrogens (tertiary/aromatic N) is 3. The minimum absolute atomic E-state index is 0.0154. The molecule has 148 valence electrons. The van der Waals surface area contributed by atoms with Crippen molar-refractivity contribution in [2.45, 2.75) is 31.2 Å². The van der Waals surface area contributed by atoms with E-state index >= 15 is 0 Å². The molecule has 4 rings (SSSR count). The molecule has 0 radical (unpaired) electrons. The van der Waals surface area contributed by atoms with Gasteiger partial charge in [-0.15, -0.1) is 10.2 Å². The molecule has 0 spiro atoms. The molecule has 0 aliphatic carbocycles. The highest BCUT2D eigenvalue weighted by Gasteiger charge is 2.31. The summed E-state index contributed by atoms with van der Waals surface area (Å²) in [6.45, 7) is 5.82. The molecule has 0 saturated heterocycles. The van der Waals surface area contributed by atoms with Crippen molar-refractivity contribution in [3.63, 3.8) is 0 Å². The number of benzene rings is 2. The van der Waals surface area contributed by atoms with Gasteiger partial charge >= 0.3 is 0 Å². The van der Waals surface area contributed by atoms with Gasteiger partial charge in [0, 0.05) is 5.56 Å². The number of amides is 2. The number of anilines is 2. The van der Waals surface area contributed by atoms with Crippen LogP contribution in [0.3, 0.4) is 0 Å². The van der Waals surface area contributed by atoms with Crippen LogP contribution in [0.4, 0.5) is 11.4 Å². The highest BCUT2D eigenvalue weighted by Crippen LogP contribution is 2.32. The second-order valence-corrected chi connectivity index (χ2v) is 8.21. The van der Waals surface area contributed by atoms with Gasteiger partial charge in [0.1, 0.15) is 6.54 Å². The van der Waals surface area contributed by atoms with Crippen LogP contribution in [0.15, 0.2) is 52.1 Å². The van der Waals surface area contributed by atoms with Gasteiger partial charge in [0.2, 0.25) is 17.7 Å². The normalized spacial score (nSPS) is 14.3. The first kappa shape index (κ1) is 19.2. The van der Waals surface area contributed by atoms with Gasteiger partial charge in [-0.2, -0.15) is 0 Å². The first-order valence-corrected chi connectivity index (χ1v) is 10.1. The molecule has 7 nitrogen and oxygen atoms in total. The number of rotatable bonds is 4. The van der Waals surface area contributed by atoms with Crippen LogP contribution in [0.2, 0.25) is 0 Å². The molecule has 1 atom stereocenters. The first-order valence-electron chi connectivity index (χ1n) is 9.20. The molecule has 2 aromatic carbocycles. The minimum Gasteiger partial charge on any atom is -0.411 e. The second-order valence-electron chi connectivity index (χ2n) is 6.92. The van der Waals surface area contributed by atoms with Gasteiger partial charge in [-0.1, -0.05) is 30.0 Å². The summed E-state index contributed by atoms with van der Waals surface area (Å²) in [7, 11) is 0. The molecule has 0 bridgehead atoms. The van der Waals surface area contributed by atoms with Crippen LogP contribution in [0, 0.1) is 13.8 Å². The van der Waals surface area contributed by atoms with E-state index in [0.717, 1.165) is 11.1 Å². The van der Waals surface area contributed by atoms with Crippen molar-refractivity contribution in [2.75, 3.05) is 16.8 Å². The summed E-state index contributed by atoms with van der Waals surface area (Å²) in [6, 6.07) is 13.2. The number of aromatic nitrogens is 2. The van der Waals surface area contributed by atoms with E-state index in [4.69, 9.17) is 4.42 Å². The highest BCUT2D eigenvalue weighted by atomic mass is 32.2. The molecule has 1 aliphatic rings. The zero-order valence-corrected chi connectivity index (χ0v) is 17.1. The van der Waals surface area contributed by atoms with Crippen molar-refractivity contribution in [2.24, 2.45) is 0 Å². The van der Waals surface area contributed by atoms with Crippen molar-refractivity contribution in [1.29, 1.82) is 0 Å². The zero-order valence-electron chi connectivity index (χ0n) is 16.3. The Morgan fingerprint density at radius 2 is 1.97 bits per heavy atom. The van der Waals surface area contributed by atoms with Crippen molar-refractivity contribution in [1.82, 2.24) is 10.2 Å². The molecule has 1 aliphatic heterocycles. The van der Waals surface area contributed by atoms with E-state index in [1.165, 1.54) is 22.2 Å². The van der Waals surface area contributed by atoms with Crippen molar-refractivity contribution in [3.05, 3.63) is 53.6 Å². The number of thioether (sulfide) groups is 1. The Hall–Kier alpha value is -3.13. The predicted octanol–water partition coefficient (Wildman–Crippen LogP) is 3.82. The third-order valence-corrected chi connectivity index (χ3v) is 5.74. The molecule has 2 heterocycles. The Bertz CT molecular complexity index is 1100. The maximum absolute atomic E-state index is 13.0. The Labute approximate surface area is 172 Å². The highest BCUT2D eigenvalue weighted by molar-refractivity contribution is 8.00. The molecular formula is C21H20N4O3S. The molecule has 29 heavy (non-hydrogen) atoms. The van der Waals surface area contributed by atoms with Crippen LogP contribution in [0.5, 0.6) is 0 Å². The monoisotopic (exact) mass is 408 g/mol. The van der Waals surface area contributed by atoms with Gasteiger partial charge in [0.15, 0.2) is 0 Å². The molecule has 3 aromatic rings. The molecule has 8 heteroatoms. The van der Waals surface area contributed by atoms with Crippen LogP contribution in [0.1, 0.15) is 18.1 Å². The van der Waals surface area contributed by atoms with Gasteiger partial charge in [0.25, 0.3) is 5.22 Å². The summed E-state index contributed by atoms with van der Waals surface area (Å²) < 4.78 is 5.75. The number of para-hydroxylation sites is 2. The van der Waals surface area contributed by atoms with Crippen LogP contribution in [-0.2, 0) is 9.59 Å². The molecule has 0 saturated carbocycles. The Morgan fingerprint density at radius 3 is 2.76 bits per heavy atom. The summed E-state index contributed by atoms with van der Waals surface area (Å²) in [4.78, 5) is 26.5. The minimum atomic E-state index is -0.498. The molecule has 1 aromatic heterocycles. The molecular weight excluding hydrogens is 388 g/mol. The van der Waals surface area contributed by atoms with Crippen molar-refractivity contribution >= 4 is 35.0 Å². The zero-order chi connectivity index (χ0) is 20.5. The largest absolute Gasteiger partial charge is 0.411 e. The van der Waals surface area contributed by atoms with Gasteiger partial charge in [-0.3, -0.25) is 14.5 Å². The lowest BCUT2D eigenvalue weighted by Crippen LogP contribution is -2.45. The molecule has 0 fully saturated rings. The second kappa shape index (κ2) is 7.71. The van der Waals surface area contributed by atoms with Crippen LogP contribution < -0.4 is 10.2 Å². The fraction of sp³-hybridized carbons (Fsp3) is 0.238. The maximum Gasteiger partial charge on any atom is 0.277 e. The summed E-state index contributed by atoms with van der Waals surface area (Å²) in [5.41, 5.74) is 4.48. The van der Waals surface area contributed by atoms with Crippen LogP contribution in [-0.4, -0.2) is 33.8 Å². The lowest BCUT2D eigenvalue weighted by Gasteiger charge is -2.30. The summed E-state index contributed by atoms with van der Waals surface area (Å²) in [5, 5.41) is 10.8. The fourth-order valence-electron chi connectivity index (χ4n) is 3.10. The van der Waals surface area contributed by atoms with Crippen LogP contribution in [0.25, 0.3) is 11.5 Å². The summed E-state index contributed by atoms with van der Waals surface area (Å²) in [5.74, 6) is 0.00485. The van der Waals surface area contributed by atoms with Crippen LogP contribution >= 0.6 is 11.8 Å². The lowest BCUT2D eigenvalue weighted by atomic mass is 10.1. The smallest absolute Gasteiger partial charge is 0.277 e. The van der Waals surface area contributed by atoms with Gasteiger partial charge < -0.3 is 9.73 Å². The quantitative estimate of drug-likeness (QED) is 0.660. The van der Waals surface area contributed by atoms with Crippen molar-refractivity contribution < 1.29 is 14.0 Å². The lowest BCUT2D eigenvalue weighted by molar-refractivity contribution is -0.121. The van der Waals surface area contributed by atoms with E-state index < -0.39 is 5.25 Å². The Kier molecular flexibility index (Phi) is 5.10. The third kappa shape index (κ3) is 3.88. The molecule has 1 N–H and O–H groups in total. The number of carbonyl (C=O) groups excluding carboxylic acids is 2. The standard InChI is InChI=1S/C21H20N4O3S/c1-12-8-9-15(10-13(12)2)19-23-24-21(28-19)29-14(3)20(27)25-11-18(26)22-16-6-4-5-7-17(16)25/h4-10,14H,11H2,1-3H3,(H,22,26). The summed E-state index contributed by atoms with van der Waals surface area (Å²) in [6.07, 6.45) is 0. The number of fused-ring (bicyclic) bond motifs is 1. The van der Waals surface area contributed by atoms with Gasteiger partial charge in [-0.25, -0.2) is 0 Å². The average molecular weight is 408 g/mol. The predicted molar refractivity (Wildman–Crippen MR) is 112 cm³/mol. The number of aryl methyl sites for hydroxylation is 2. The van der Waals surface area contributed by atoms with Gasteiger partial charge in [-0.05, 0) is 56.2 Å². The number of carbonyl (C=O) groups is 2. The SMILES string of the molecule is Cc1ccc(-c2nnc(SC(C)C(=O)N3CC(=O)Nc4ccccc43)o2)cc1C. The van der Waals surface area contributed by atoms with Crippen molar-refractivity contribution in [3.8, 4) is 11.5 Å². The molecule has 1 unspecified atom stereocenters. The fourth-order valence-corrected chi connectivity index (χ4v) is 3.84. The summed E-state index contributed by atoms with van der Waals surface area (Å²) >= 11 is 1.18. The number of hydrogen-bond acceptors (Lipinski definition) is 6. The third-order valence-electron chi connectivity index (χ3n) is 4.82.